The van der Waals surface area contributed by atoms with Crippen LogP contribution in [0.25, 0.3) is 0 Å². The number of hydrogen-bond acceptors (Lipinski definition) is 5. The Labute approximate surface area is 207 Å². The van der Waals surface area contributed by atoms with E-state index in [0.29, 0.717) is 22.7 Å². The first-order valence-electron chi connectivity index (χ1n) is 11.4. The number of ether oxygens (including phenoxy) is 1. The fourth-order valence-electron chi connectivity index (χ4n) is 4.61. The van der Waals surface area contributed by atoms with Gasteiger partial charge in [-0.1, -0.05) is 29.8 Å². The highest BCUT2D eigenvalue weighted by Crippen LogP contribution is 2.49. The van der Waals surface area contributed by atoms with Crippen LogP contribution >= 0.6 is 11.6 Å². The van der Waals surface area contributed by atoms with Gasteiger partial charge in [-0.3, -0.25) is 24.1 Å². The van der Waals surface area contributed by atoms with Crippen molar-refractivity contribution in [3.05, 3.63) is 64.4 Å². The Kier molecular flexibility index (Phi) is 6.44. The summed E-state index contributed by atoms with van der Waals surface area (Å²) in [6.45, 7) is 5.20. The van der Waals surface area contributed by atoms with E-state index in [1.807, 2.05) is 0 Å². The average molecular weight is 501 g/mol. The van der Waals surface area contributed by atoms with E-state index in [4.69, 9.17) is 16.3 Å². The molecule has 2 aliphatic rings. The number of rotatable bonds is 6. The summed E-state index contributed by atoms with van der Waals surface area (Å²) in [5, 5.41) is 0.319. The zero-order chi connectivity index (χ0) is 25.5. The number of carbonyl (C=O) groups is 4. The zero-order valence-corrected chi connectivity index (χ0v) is 20.5. The van der Waals surface area contributed by atoms with Crippen LogP contribution in [-0.2, 0) is 35.9 Å². The first-order chi connectivity index (χ1) is 16.4. The van der Waals surface area contributed by atoms with Crippen LogP contribution < -0.4 is 4.90 Å². The van der Waals surface area contributed by atoms with Gasteiger partial charge in [0.2, 0.25) is 17.7 Å². The highest BCUT2D eigenvalue weighted by Gasteiger charge is 2.63. The van der Waals surface area contributed by atoms with Gasteiger partial charge in [-0.25, -0.2) is 4.39 Å². The molecule has 0 saturated carbocycles. The summed E-state index contributed by atoms with van der Waals surface area (Å²) in [6, 6.07) is 10.6. The quantitative estimate of drug-likeness (QED) is 0.338. The second-order valence-electron chi connectivity index (χ2n) is 9.77. The minimum Gasteiger partial charge on any atom is -0.460 e. The van der Waals surface area contributed by atoms with Crippen molar-refractivity contribution in [2.45, 2.75) is 57.6 Å². The summed E-state index contributed by atoms with van der Waals surface area (Å²) < 4.78 is 19.5. The standard InChI is InChI=1S/C26H26ClFN2O5/c1-25(2,3)35-22(32)9-6-12-29-20-11-10-17(27)13-18(20)26(23(29)33)14-21(31)30(24(26)34)15-16-7-4-5-8-19(16)28/h4-5,7-8,10-11,13H,6,9,12,14-15H2,1-3H3. The normalized spacial score (nSPS) is 19.6. The van der Waals surface area contributed by atoms with Gasteiger partial charge in [0.25, 0.3) is 0 Å². The monoisotopic (exact) mass is 500 g/mol. The molecule has 184 valence electrons. The maximum atomic E-state index is 14.2. The van der Waals surface area contributed by atoms with Gasteiger partial charge in [-0.2, -0.15) is 0 Å². The van der Waals surface area contributed by atoms with Crippen molar-refractivity contribution in [3.63, 3.8) is 0 Å². The summed E-state index contributed by atoms with van der Waals surface area (Å²) in [5.41, 5.74) is -1.38. The summed E-state index contributed by atoms with van der Waals surface area (Å²) in [7, 11) is 0. The maximum absolute atomic E-state index is 14.2. The number of nitrogens with zero attached hydrogens (tertiary/aromatic N) is 2. The molecule has 1 spiro atoms. The second kappa shape index (κ2) is 9.07. The van der Waals surface area contributed by atoms with Crippen molar-refractivity contribution in [1.29, 1.82) is 0 Å². The molecule has 0 aliphatic carbocycles. The highest BCUT2D eigenvalue weighted by molar-refractivity contribution is 6.32. The molecule has 1 fully saturated rings. The fourth-order valence-corrected chi connectivity index (χ4v) is 4.78. The molecular formula is C26H26ClFN2O5. The van der Waals surface area contributed by atoms with Gasteiger partial charge in [0, 0.05) is 34.8 Å². The van der Waals surface area contributed by atoms with Crippen LogP contribution in [0.2, 0.25) is 5.02 Å². The first-order valence-corrected chi connectivity index (χ1v) is 11.7. The Morgan fingerprint density at radius 2 is 1.77 bits per heavy atom. The second-order valence-corrected chi connectivity index (χ2v) is 10.2. The fraction of sp³-hybridized carbons (Fsp3) is 0.385. The molecule has 35 heavy (non-hydrogen) atoms. The molecule has 0 N–H and O–H groups in total. The smallest absolute Gasteiger partial charge is 0.306 e. The molecular weight excluding hydrogens is 475 g/mol. The number of likely N-dealkylation sites (tertiary alicyclic amines) is 1. The van der Waals surface area contributed by atoms with Crippen molar-refractivity contribution in [3.8, 4) is 0 Å². The van der Waals surface area contributed by atoms with Crippen molar-refractivity contribution >= 4 is 41.0 Å². The summed E-state index contributed by atoms with van der Waals surface area (Å²) in [5.74, 6) is -2.74. The Bertz CT molecular complexity index is 1220. The van der Waals surface area contributed by atoms with Crippen molar-refractivity contribution in [2.75, 3.05) is 11.4 Å². The van der Waals surface area contributed by atoms with Crippen LogP contribution in [0.4, 0.5) is 10.1 Å². The van der Waals surface area contributed by atoms with Crippen LogP contribution in [0.1, 0.15) is 51.2 Å². The number of esters is 1. The van der Waals surface area contributed by atoms with Crippen molar-refractivity contribution in [2.24, 2.45) is 0 Å². The lowest BCUT2D eigenvalue weighted by atomic mass is 9.80. The molecule has 1 saturated heterocycles. The number of imide groups is 1. The van der Waals surface area contributed by atoms with Crippen molar-refractivity contribution in [1.82, 2.24) is 4.90 Å². The van der Waals surface area contributed by atoms with E-state index in [1.165, 1.54) is 29.2 Å². The number of benzene rings is 2. The molecule has 0 bridgehead atoms. The van der Waals surface area contributed by atoms with Gasteiger partial charge in [-0.05, 0) is 51.5 Å². The van der Waals surface area contributed by atoms with Crippen LogP contribution in [-0.4, -0.2) is 40.7 Å². The number of halogens is 2. The van der Waals surface area contributed by atoms with Gasteiger partial charge < -0.3 is 9.64 Å². The molecule has 1 atom stereocenters. The predicted molar refractivity (Wildman–Crippen MR) is 127 cm³/mol. The van der Waals surface area contributed by atoms with Crippen LogP contribution in [0.15, 0.2) is 42.5 Å². The van der Waals surface area contributed by atoms with Gasteiger partial charge in [0.15, 0.2) is 5.41 Å². The van der Waals surface area contributed by atoms with E-state index in [1.54, 1.807) is 39.0 Å². The lowest BCUT2D eigenvalue weighted by Crippen LogP contribution is -2.46. The summed E-state index contributed by atoms with van der Waals surface area (Å²) in [6.07, 6.45) is 0.0260. The number of anilines is 1. The van der Waals surface area contributed by atoms with E-state index in [9.17, 15) is 23.6 Å². The minimum atomic E-state index is -1.76. The Balaban J connectivity index is 1.61. The largest absolute Gasteiger partial charge is 0.460 e. The van der Waals surface area contributed by atoms with Gasteiger partial charge in [0.05, 0.1) is 13.0 Å². The maximum Gasteiger partial charge on any atom is 0.306 e. The Morgan fingerprint density at radius 1 is 1.09 bits per heavy atom. The lowest BCUT2D eigenvalue weighted by Gasteiger charge is -2.23. The highest BCUT2D eigenvalue weighted by atomic mass is 35.5. The van der Waals surface area contributed by atoms with E-state index in [0.717, 1.165) is 4.90 Å². The molecule has 2 aliphatic heterocycles. The van der Waals surface area contributed by atoms with Crippen molar-refractivity contribution < 1.29 is 28.3 Å². The molecule has 0 radical (unpaired) electrons. The van der Waals surface area contributed by atoms with E-state index in [-0.39, 0.29) is 31.5 Å². The summed E-state index contributed by atoms with van der Waals surface area (Å²) in [4.78, 5) is 54.8. The predicted octanol–water partition coefficient (Wildman–Crippen LogP) is 4.14. The zero-order valence-electron chi connectivity index (χ0n) is 19.8. The van der Waals surface area contributed by atoms with Crippen LogP contribution in [0, 0.1) is 5.82 Å². The molecule has 0 aromatic heterocycles. The molecule has 4 rings (SSSR count). The van der Waals surface area contributed by atoms with E-state index in [2.05, 4.69) is 0 Å². The molecule has 2 aromatic carbocycles. The first kappa shape index (κ1) is 24.9. The molecule has 7 nitrogen and oxygen atoms in total. The third-order valence-electron chi connectivity index (χ3n) is 6.12. The summed E-state index contributed by atoms with van der Waals surface area (Å²) >= 11 is 6.21. The van der Waals surface area contributed by atoms with Crippen LogP contribution in [0.3, 0.4) is 0 Å². The van der Waals surface area contributed by atoms with E-state index < -0.39 is 40.5 Å². The van der Waals surface area contributed by atoms with Gasteiger partial charge >= 0.3 is 5.97 Å². The molecule has 9 heteroatoms. The SMILES string of the molecule is CC(C)(C)OC(=O)CCCN1C(=O)C2(CC(=O)N(Cc3ccccc3F)C2=O)c2cc(Cl)ccc21. The molecule has 1 unspecified atom stereocenters. The Hall–Kier alpha value is -3.26. The van der Waals surface area contributed by atoms with Gasteiger partial charge in [-0.15, -0.1) is 0 Å². The Morgan fingerprint density at radius 3 is 2.46 bits per heavy atom. The lowest BCUT2D eigenvalue weighted by molar-refractivity contribution is -0.155. The minimum absolute atomic E-state index is 0.0866. The number of hydrogen-bond donors (Lipinski definition) is 0. The topological polar surface area (TPSA) is 84.0 Å². The van der Waals surface area contributed by atoms with Gasteiger partial charge in [0.1, 0.15) is 11.4 Å². The van der Waals surface area contributed by atoms with E-state index >= 15 is 0 Å². The number of carbonyl (C=O) groups excluding carboxylic acids is 4. The third kappa shape index (κ3) is 4.55. The molecule has 3 amide bonds. The number of amides is 3. The average Bonchev–Trinajstić information content (AvgIpc) is 3.15. The number of fused-ring (bicyclic) bond motifs is 2. The van der Waals surface area contributed by atoms with Crippen LogP contribution in [0.5, 0.6) is 0 Å². The molecule has 2 heterocycles. The third-order valence-corrected chi connectivity index (χ3v) is 6.35. The molecule has 2 aromatic rings.